The maximum Gasteiger partial charge on any atom is 0.243 e. The van der Waals surface area contributed by atoms with Gasteiger partial charge in [0.05, 0.1) is 18.0 Å². The van der Waals surface area contributed by atoms with Crippen LogP contribution < -0.4 is 9.62 Å². The quantitative estimate of drug-likeness (QED) is 0.844. The van der Waals surface area contributed by atoms with Crippen LogP contribution in [0.3, 0.4) is 0 Å². The van der Waals surface area contributed by atoms with Gasteiger partial charge in [0.15, 0.2) is 0 Å². The molecule has 2 atom stereocenters. The van der Waals surface area contributed by atoms with Crippen molar-refractivity contribution in [1.29, 1.82) is 0 Å². The number of carbonyl (C=O) groups excluding carboxylic acids is 1. The van der Waals surface area contributed by atoms with Crippen molar-refractivity contribution in [1.82, 2.24) is 5.32 Å². The van der Waals surface area contributed by atoms with Crippen LogP contribution in [-0.4, -0.2) is 45.9 Å². The number of nitrogens with one attached hydrogen (secondary N) is 1. The molecule has 1 aliphatic rings. The Labute approximate surface area is 144 Å². The topological polar surface area (TPSA) is 75.7 Å². The van der Waals surface area contributed by atoms with Crippen molar-refractivity contribution < 1.29 is 17.9 Å². The van der Waals surface area contributed by atoms with E-state index in [1.807, 2.05) is 26.0 Å². The Morgan fingerprint density at radius 3 is 2.71 bits per heavy atom. The van der Waals surface area contributed by atoms with Crippen LogP contribution in [0.4, 0.5) is 5.69 Å². The zero-order valence-corrected chi connectivity index (χ0v) is 15.5. The summed E-state index contributed by atoms with van der Waals surface area (Å²) in [6.07, 6.45) is 3.06. The first kappa shape index (κ1) is 18.7. The number of benzene rings is 1. The van der Waals surface area contributed by atoms with Crippen LogP contribution in [0.2, 0.25) is 0 Å². The fourth-order valence-corrected chi connectivity index (χ4v) is 4.13. The minimum Gasteiger partial charge on any atom is -0.376 e. The number of amides is 1. The summed E-state index contributed by atoms with van der Waals surface area (Å²) in [7, 11) is -3.60. The summed E-state index contributed by atoms with van der Waals surface area (Å²) < 4.78 is 31.3. The standard InChI is InChI=1S/C17H26N2O4S/c1-12-7-8-13(2)16(10-12)19(24(4,21)22)14(3)17(20)18-11-15-6-5-9-23-15/h7-8,10,14-15H,5-6,9,11H2,1-4H3,(H,18,20). The fraction of sp³-hybridized carbons (Fsp3) is 0.588. The minimum absolute atomic E-state index is 0.0218. The van der Waals surface area contributed by atoms with Crippen molar-refractivity contribution >= 4 is 21.6 Å². The molecular formula is C17H26N2O4S. The molecule has 7 heteroatoms. The summed E-state index contributed by atoms with van der Waals surface area (Å²) in [5, 5.41) is 2.81. The van der Waals surface area contributed by atoms with Gasteiger partial charge in [0.1, 0.15) is 6.04 Å². The van der Waals surface area contributed by atoms with Crippen molar-refractivity contribution in [2.75, 3.05) is 23.7 Å². The number of hydrogen-bond donors (Lipinski definition) is 1. The van der Waals surface area contributed by atoms with Gasteiger partial charge in [0.25, 0.3) is 0 Å². The zero-order valence-electron chi connectivity index (χ0n) is 14.7. The Kier molecular flexibility index (Phi) is 5.87. The Bertz CT molecular complexity index is 697. The smallest absolute Gasteiger partial charge is 0.243 e. The average molecular weight is 354 g/mol. The molecule has 1 aliphatic heterocycles. The third-order valence-corrected chi connectivity index (χ3v) is 5.45. The average Bonchev–Trinajstić information content (AvgIpc) is 3.00. The van der Waals surface area contributed by atoms with Crippen LogP contribution in [0.1, 0.15) is 30.9 Å². The molecule has 1 fully saturated rings. The molecule has 0 spiro atoms. The number of aryl methyl sites for hydroxylation is 2. The number of anilines is 1. The van der Waals surface area contributed by atoms with Crippen LogP contribution in [0.5, 0.6) is 0 Å². The predicted molar refractivity (Wildman–Crippen MR) is 94.7 cm³/mol. The number of rotatable bonds is 6. The summed E-state index contributed by atoms with van der Waals surface area (Å²) in [6, 6.07) is 4.74. The van der Waals surface area contributed by atoms with Gasteiger partial charge < -0.3 is 10.1 Å². The van der Waals surface area contributed by atoms with Gasteiger partial charge in [0, 0.05) is 13.2 Å². The van der Waals surface area contributed by atoms with Crippen LogP contribution in [0.25, 0.3) is 0 Å². The zero-order chi connectivity index (χ0) is 17.9. The number of ether oxygens (including phenoxy) is 1. The number of nitrogens with zero attached hydrogens (tertiary/aromatic N) is 1. The fourth-order valence-electron chi connectivity index (χ4n) is 2.91. The molecule has 0 radical (unpaired) electrons. The third kappa shape index (κ3) is 4.48. The summed E-state index contributed by atoms with van der Waals surface area (Å²) >= 11 is 0. The molecule has 2 rings (SSSR count). The lowest BCUT2D eigenvalue weighted by Gasteiger charge is -2.30. The van der Waals surface area contributed by atoms with Crippen LogP contribution in [0.15, 0.2) is 18.2 Å². The molecule has 6 nitrogen and oxygen atoms in total. The molecule has 1 aromatic rings. The highest BCUT2D eigenvalue weighted by atomic mass is 32.2. The van der Waals surface area contributed by atoms with Crippen molar-refractivity contribution in [2.45, 2.75) is 45.8 Å². The van der Waals surface area contributed by atoms with Crippen molar-refractivity contribution in [3.63, 3.8) is 0 Å². The second-order valence-electron chi connectivity index (χ2n) is 6.40. The summed E-state index contributed by atoms with van der Waals surface area (Å²) in [5.74, 6) is -0.322. The second-order valence-corrected chi connectivity index (χ2v) is 8.26. The SMILES string of the molecule is Cc1ccc(C)c(N(C(C)C(=O)NCC2CCCO2)S(C)(=O)=O)c1. The molecule has 0 aromatic heterocycles. The second kappa shape index (κ2) is 7.53. The maximum atomic E-state index is 12.5. The van der Waals surface area contributed by atoms with Gasteiger partial charge in [-0.3, -0.25) is 9.10 Å². The van der Waals surface area contributed by atoms with Crippen molar-refractivity contribution in [2.24, 2.45) is 0 Å². The highest BCUT2D eigenvalue weighted by Crippen LogP contribution is 2.26. The predicted octanol–water partition coefficient (Wildman–Crippen LogP) is 1.75. The Morgan fingerprint density at radius 1 is 1.42 bits per heavy atom. The van der Waals surface area contributed by atoms with E-state index in [9.17, 15) is 13.2 Å². The van der Waals surface area contributed by atoms with E-state index in [1.54, 1.807) is 13.0 Å². The summed E-state index contributed by atoms with van der Waals surface area (Å²) in [6.45, 7) is 6.46. The normalized spacial score (nSPS) is 19.1. The molecule has 1 N–H and O–H groups in total. The summed E-state index contributed by atoms with van der Waals surface area (Å²) in [4.78, 5) is 12.5. The molecule has 1 aromatic carbocycles. The van der Waals surface area contributed by atoms with Gasteiger partial charge in [-0.25, -0.2) is 8.42 Å². The highest BCUT2D eigenvalue weighted by molar-refractivity contribution is 7.92. The molecule has 0 aliphatic carbocycles. The molecule has 0 saturated carbocycles. The first-order chi connectivity index (χ1) is 11.2. The Morgan fingerprint density at radius 2 is 2.12 bits per heavy atom. The van der Waals surface area contributed by atoms with Crippen molar-refractivity contribution in [3.05, 3.63) is 29.3 Å². The van der Waals surface area contributed by atoms with Gasteiger partial charge in [-0.15, -0.1) is 0 Å². The minimum atomic E-state index is -3.60. The largest absolute Gasteiger partial charge is 0.376 e. The Balaban J connectivity index is 2.20. The van der Waals surface area contributed by atoms with E-state index in [2.05, 4.69) is 5.32 Å². The van der Waals surface area contributed by atoms with Gasteiger partial charge in [-0.2, -0.15) is 0 Å². The monoisotopic (exact) mass is 354 g/mol. The van der Waals surface area contributed by atoms with E-state index in [0.29, 0.717) is 18.8 Å². The molecule has 0 bridgehead atoms. The third-order valence-electron chi connectivity index (χ3n) is 4.22. The van der Waals surface area contributed by atoms with E-state index < -0.39 is 16.1 Å². The van der Waals surface area contributed by atoms with Gasteiger partial charge in [-0.05, 0) is 50.8 Å². The molecular weight excluding hydrogens is 328 g/mol. The van der Waals surface area contributed by atoms with Crippen LogP contribution in [0, 0.1) is 13.8 Å². The maximum absolute atomic E-state index is 12.5. The van der Waals surface area contributed by atoms with E-state index in [1.165, 1.54) is 4.31 Å². The molecule has 134 valence electrons. The summed E-state index contributed by atoms with van der Waals surface area (Å²) in [5.41, 5.74) is 2.29. The van der Waals surface area contributed by atoms with Gasteiger partial charge in [0.2, 0.25) is 15.9 Å². The number of carbonyl (C=O) groups is 1. The molecule has 1 saturated heterocycles. The first-order valence-electron chi connectivity index (χ1n) is 8.16. The number of hydrogen-bond acceptors (Lipinski definition) is 4. The van der Waals surface area contributed by atoms with E-state index in [0.717, 1.165) is 30.2 Å². The van der Waals surface area contributed by atoms with E-state index in [-0.39, 0.29) is 12.0 Å². The van der Waals surface area contributed by atoms with Crippen molar-refractivity contribution in [3.8, 4) is 0 Å². The van der Waals surface area contributed by atoms with Gasteiger partial charge >= 0.3 is 0 Å². The molecule has 2 unspecified atom stereocenters. The van der Waals surface area contributed by atoms with Gasteiger partial charge in [-0.1, -0.05) is 12.1 Å². The molecule has 1 heterocycles. The lowest BCUT2D eigenvalue weighted by molar-refractivity contribution is -0.122. The van der Waals surface area contributed by atoms with E-state index >= 15 is 0 Å². The number of sulfonamides is 1. The lowest BCUT2D eigenvalue weighted by Crippen LogP contribution is -2.49. The van der Waals surface area contributed by atoms with Crippen LogP contribution >= 0.6 is 0 Å². The molecule has 24 heavy (non-hydrogen) atoms. The lowest BCUT2D eigenvalue weighted by atomic mass is 10.1. The Hall–Kier alpha value is -1.60. The first-order valence-corrected chi connectivity index (χ1v) is 10.0. The highest BCUT2D eigenvalue weighted by Gasteiger charge is 2.30. The van der Waals surface area contributed by atoms with Crippen LogP contribution in [-0.2, 0) is 19.6 Å². The van der Waals surface area contributed by atoms with E-state index in [4.69, 9.17) is 4.74 Å². The molecule has 1 amide bonds.